The first kappa shape index (κ1) is 15.3. The Morgan fingerprint density at radius 1 is 1.38 bits per heavy atom. The summed E-state index contributed by atoms with van der Waals surface area (Å²) in [4.78, 5) is 28.6. The molecule has 2 heterocycles. The summed E-state index contributed by atoms with van der Waals surface area (Å²) in [5.74, 6) is -2.06. The van der Waals surface area contributed by atoms with Crippen molar-refractivity contribution in [2.75, 3.05) is 24.5 Å². The summed E-state index contributed by atoms with van der Waals surface area (Å²) < 4.78 is 0. The van der Waals surface area contributed by atoms with Gasteiger partial charge in [0.25, 0.3) is 0 Å². The molecule has 114 valence electrons. The molecule has 1 amide bonds. The smallest absolute Gasteiger partial charge is 0.315 e. The minimum Gasteiger partial charge on any atom is -0.481 e. The van der Waals surface area contributed by atoms with Gasteiger partial charge in [-0.15, -0.1) is 0 Å². The van der Waals surface area contributed by atoms with Crippen LogP contribution in [0.5, 0.6) is 0 Å². The third-order valence-corrected chi connectivity index (χ3v) is 3.97. The van der Waals surface area contributed by atoms with Gasteiger partial charge in [0.05, 0.1) is 0 Å². The first-order valence-electron chi connectivity index (χ1n) is 7.23. The van der Waals surface area contributed by atoms with Gasteiger partial charge in [0.2, 0.25) is 5.91 Å². The van der Waals surface area contributed by atoms with Gasteiger partial charge in [0, 0.05) is 37.7 Å². The monoisotopic (exact) mass is 291 g/mol. The van der Waals surface area contributed by atoms with Gasteiger partial charge in [-0.2, -0.15) is 0 Å². The van der Waals surface area contributed by atoms with E-state index in [2.05, 4.69) is 15.2 Å². The minimum atomic E-state index is -1.08. The van der Waals surface area contributed by atoms with Crippen molar-refractivity contribution in [1.82, 2.24) is 10.3 Å². The summed E-state index contributed by atoms with van der Waals surface area (Å²) in [6, 6.07) is 3.99. The number of aliphatic carboxylic acids is 1. The summed E-state index contributed by atoms with van der Waals surface area (Å²) in [7, 11) is 0. The van der Waals surface area contributed by atoms with Gasteiger partial charge in [0.1, 0.15) is 5.92 Å². The van der Waals surface area contributed by atoms with Crippen LogP contribution in [0.1, 0.15) is 19.8 Å². The normalized spacial score (nSPS) is 17.3. The Morgan fingerprint density at radius 2 is 2.00 bits per heavy atom. The number of carbonyl (C=O) groups is 2. The Morgan fingerprint density at radius 3 is 2.57 bits per heavy atom. The number of amides is 1. The molecule has 1 unspecified atom stereocenters. The van der Waals surface area contributed by atoms with Crippen molar-refractivity contribution in [2.45, 2.75) is 19.8 Å². The topological polar surface area (TPSA) is 82.5 Å². The number of hydrogen-bond donors (Lipinski definition) is 2. The summed E-state index contributed by atoms with van der Waals surface area (Å²) in [5.41, 5.74) is 1.17. The Kier molecular flexibility index (Phi) is 5.14. The van der Waals surface area contributed by atoms with E-state index in [4.69, 9.17) is 5.11 Å². The van der Waals surface area contributed by atoms with Crippen LogP contribution in [0.15, 0.2) is 24.5 Å². The zero-order valence-electron chi connectivity index (χ0n) is 12.2. The molecule has 1 aliphatic heterocycles. The number of anilines is 1. The third kappa shape index (κ3) is 4.18. The lowest BCUT2D eigenvalue weighted by atomic mass is 9.96. The van der Waals surface area contributed by atoms with Crippen LogP contribution in [0.3, 0.4) is 0 Å². The van der Waals surface area contributed by atoms with Crippen molar-refractivity contribution in [3.63, 3.8) is 0 Å². The molecule has 1 saturated heterocycles. The van der Waals surface area contributed by atoms with E-state index >= 15 is 0 Å². The van der Waals surface area contributed by atoms with Crippen LogP contribution in [0.25, 0.3) is 0 Å². The van der Waals surface area contributed by atoms with E-state index in [0.29, 0.717) is 12.5 Å². The summed E-state index contributed by atoms with van der Waals surface area (Å²) in [6.07, 6.45) is 5.55. The van der Waals surface area contributed by atoms with Crippen molar-refractivity contribution in [3.8, 4) is 0 Å². The molecule has 0 spiro atoms. The van der Waals surface area contributed by atoms with Gasteiger partial charge in [-0.05, 0) is 37.8 Å². The van der Waals surface area contributed by atoms with E-state index in [0.717, 1.165) is 25.9 Å². The molecular weight excluding hydrogens is 270 g/mol. The second-order valence-electron chi connectivity index (χ2n) is 5.44. The van der Waals surface area contributed by atoms with E-state index in [1.165, 1.54) is 12.6 Å². The predicted molar refractivity (Wildman–Crippen MR) is 79.0 cm³/mol. The summed E-state index contributed by atoms with van der Waals surface area (Å²) in [6.45, 7) is 3.85. The van der Waals surface area contributed by atoms with Gasteiger partial charge in [-0.1, -0.05) is 0 Å². The Balaban J connectivity index is 1.75. The molecule has 0 aliphatic carbocycles. The molecule has 1 aromatic rings. The predicted octanol–water partition coefficient (Wildman–Crippen LogP) is 1.13. The zero-order valence-corrected chi connectivity index (χ0v) is 12.2. The molecule has 1 aliphatic rings. The van der Waals surface area contributed by atoms with E-state index < -0.39 is 17.8 Å². The number of piperidine rings is 1. The quantitative estimate of drug-likeness (QED) is 0.795. The van der Waals surface area contributed by atoms with Crippen LogP contribution in [0.2, 0.25) is 0 Å². The number of carbonyl (C=O) groups excluding carboxylic acids is 1. The lowest BCUT2D eigenvalue weighted by molar-refractivity contribution is -0.146. The number of pyridine rings is 1. The maximum Gasteiger partial charge on any atom is 0.315 e. The first-order valence-corrected chi connectivity index (χ1v) is 7.23. The van der Waals surface area contributed by atoms with Crippen molar-refractivity contribution in [3.05, 3.63) is 24.5 Å². The highest BCUT2D eigenvalue weighted by Crippen LogP contribution is 2.22. The molecule has 0 bridgehead atoms. The maximum atomic E-state index is 11.6. The maximum absolute atomic E-state index is 11.6. The SMILES string of the molecule is CC(C(=O)O)C(=O)NCC1CCN(c2ccncc2)CC1. The number of nitrogens with one attached hydrogen (secondary N) is 1. The minimum absolute atomic E-state index is 0.404. The highest BCUT2D eigenvalue weighted by molar-refractivity contribution is 5.96. The molecule has 1 aromatic heterocycles. The molecule has 6 heteroatoms. The zero-order chi connectivity index (χ0) is 15.2. The van der Waals surface area contributed by atoms with Gasteiger partial charge in [-0.3, -0.25) is 14.6 Å². The van der Waals surface area contributed by atoms with Gasteiger partial charge in [-0.25, -0.2) is 0 Å². The van der Waals surface area contributed by atoms with Crippen LogP contribution < -0.4 is 10.2 Å². The fourth-order valence-corrected chi connectivity index (χ4v) is 2.46. The van der Waals surface area contributed by atoms with Crippen LogP contribution in [-0.4, -0.2) is 41.6 Å². The molecule has 21 heavy (non-hydrogen) atoms. The average molecular weight is 291 g/mol. The Bertz CT molecular complexity index is 484. The molecule has 2 N–H and O–H groups in total. The van der Waals surface area contributed by atoms with Crippen LogP contribution in [0.4, 0.5) is 5.69 Å². The average Bonchev–Trinajstić information content (AvgIpc) is 2.53. The third-order valence-electron chi connectivity index (χ3n) is 3.97. The van der Waals surface area contributed by atoms with Crippen LogP contribution >= 0.6 is 0 Å². The van der Waals surface area contributed by atoms with Crippen LogP contribution in [-0.2, 0) is 9.59 Å². The molecule has 1 fully saturated rings. The fraction of sp³-hybridized carbons (Fsp3) is 0.533. The lowest BCUT2D eigenvalue weighted by Gasteiger charge is -2.33. The first-order chi connectivity index (χ1) is 10.1. The summed E-state index contributed by atoms with van der Waals surface area (Å²) >= 11 is 0. The number of carboxylic acids is 1. The van der Waals surface area contributed by atoms with Gasteiger partial charge in [0.15, 0.2) is 0 Å². The number of aromatic nitrogens is 1. The molecular formula is C15H21N3O3. The highest BCUT2D eigenvalue weighted by Gasteiger charge is 2.23. The van der Waals surface area contributed by atoms with Crippen molar-refractivity contribution < 1.29 is 14.7 Å². The summed E-state index contributed by atoms with van der Waals surface area (Å²) in [5, 5.41) is 11.5. The number of nitrogens with zero attached hydrogens (tertiary/aromatic N) is 2. The Labute approximate surface area is 124 Å². The van der Waals surface area contributed by atoms with Crippen molar-refractivity contribution in [2.24, 2.45) is 11.8 Å². The molecule has 1 atom stereocenters. The molecule has 0 saturated carbocycles. The van der Waals surface area contributed by atoms with Gasteiger partial charge < -0.3 is 15.3 Å². The fourth-order valence-electron chi connectivity index (χ4n) is 2.46. The molecule has 0 aromatic carbocycles. The van der Waals surface area contributed by atoms with E-state index in [1.807, 2.05) is 12.1 Å². The highest BCUT2D eigenvalue weighted by atomic mass is 16.4. The van der Waals surface area contributed by atoms with E-state index in [9.17, 15) is 9.59 Å². The van der Waals surface area contributed by atoms with E-state index in [-0.39, 0.29) is 0 Å². The number of hydrogen-bond acceptors (Lipinski definition) is 4. The lowest BCUT2D eigenvalue weighted by Crippen LogP contribution is -2.41. The van der Waals surface area contributed by atoms with E-state index in [1.54, 1.807) is 12.4 Å². The molecule has 6 nitrogen and oxygen atoms in total. The number of carboxylic acid groups (broad SMARTS) is 1. The van der Waals surface area contributed by atoms with Crippen molar-refractivity contribution >= 4 is 17.6 Å². The molecule has 2 rings (SSSR count). The standard InChI is InChI=1S/C15H21N3O3/c1-11(15(20)21)14(19)17-10-12-4-8-18(9-5-12)13-2-6-16-7-3-13/h2-3,6-7,11-12H,4-5,8-10H2,1H3,(H,17,19)(H,20,21). The number of rotatable bonds is 5. The Hall–Kier alpha value is -2.11. The second-order valence-corrected chi connectivity index (χ2v) is 5.44. The van der Waals surface area contributed by atoms with Crippen LogP contribution in [0, 0.1) is 11.8 Å². The largest absolute Gasteiger partial charge is 0.481 e. The second kappa shape index (κ2) is 7.06. The van der Waals surface area contributed by atoms with Crippen molar-refractivity contribution in [1.29, 1.82) is 0 Å². The van der Waals surface area contributed by atoms with Gasteiger partial charge >= 0.3 is 5.97 Å². The molecule has 0 radical (unpaired) electrons.